The monoisotopic (exact) mass is 392 g/mol. The molecule has 1 saturated heterocycles. The molecule has 2 aromatic carbocycles. The van der Waals surface area contributed by atoms with Gasteiger partial charge in [-0.25, -0.2) is 9.29 Å². The highest BCUT2D eigenvalue weighted by atomic mass is 32.2. The van der Waals surface area contributed by atoms with Crippen LogP contribution in [0.25, 0.3) is 0 Å². The van der Waals surface area contributed by atoms with Crippen molar-refractivity contribution in [1.82, 2.24) is 0 Å². The van der Waals surface area contributed by atoms with Crippen LogP contribution in [0.2, 0.25) is 0 Å². The van der Waals surface area contributed by atoms with E-state index in [0.29, 0.717) is 5.69 Å². The molecule has 1 aliphatic rings. The maximum Gasteiger partial charge on any atom is 0.247 e. The minimum Gasteiger partial charge on any atom is -0.349 e. The van der Waals surface area contributed by atoms with Crippen molar-refractivity contribution in [1.29, 1.82) is 10.5 Å². The normalized spacial score (nSPS) is 15.7. The number of nitriles is 2. The summed E-state index contributed by atoms with van der Waals surface area (Å²) < 4.78 is 13.1. The number of hydrogen-bond donors (Lipinski definition) is 1. The Balaban J connectivity index is 1.85. The number of thioether (sulfide) groups is 1. The maximum atomic E-state index is 13.1. The van der Waals surface area contributed by atoms with Crippen LogP contribution in [-0.4, -0.2) is 17.1 Å². The molecule has 1 fully saturated rings. The Hall–Kier alpha value is -3.62. The number of allylic oxidation sites excluding steroid dienone is 1. The molecular formula is C20H13FN4O2S. The molecular weight excluding hydrogens is 379 g/mol. The second-order valence-corrected chi connectivity index (χ2v) is 6.99. The Morgan fingerprint density at radius 1 is 1.07 bits per heavy atom. The van der Waals surface area contributed by atoms with Crippen LogP contribution in [-0.2, 0) is 9.59 Å². The Bertz CT molecular complexity index is 1010. The van der Waals surface area contributed by atoms with Gasteiger partial charge in [-0.2, -0.15) is 10.5 Å². The van der Waals surface area contributed by atoms with E-state index in [1.165, 1.54) is 24.3 Å². The van der Waals surface area contributed by atoms with E-state index in [1.807, 2.05) is 6.07 Å². The van der Waals surface area contributed by atoms with Crippen molar-refractivity contribution in [2.75, 3.05) is 10.2 Å². The first-order chi connectivity index (χ1) is 13.5. The summed E-state index contributed by atoms with van der Waals surface area (Å²) in [6.07, 6.45) is -0.0923. The minimum absolute atomic E-state index is 0.0923. The maximum absolute atomic E-state index is 13.1. The van der Waals surface area contributed by atoms with Gasteiger partial charge in [0, 0.05) is 12.1 Å². The number of amides is 2. The summed E-state index contributed by atoms with van der Waals surface area (Å²) in [5.74, 6) is -1.38. The molecule has 6 nitrogen and oxygen atoms in total. The van der Waals surface area contributed by atoms with Crippen molar-refractivity contribution in [3.05, 3.63) is 71.0 Å². The molecule has 1 unspecified atom stereocenters. The third kappa shape index (κ3) is 4.03. The number of rotatable bonds is 5. The van der Waals surface area contributed by atoms with Crippen molar-refractivity contribution in [2.24, 2.45) is 0 Å². The molecule has 0 radical (unpaired) electrons. The molecule has 1 N–H and O–H groups in total. The fourth-order valence-corrected chi connectivity index (χ4v) is 3.73. The molecule has 1 heterocycles. The highest BCUT2D eigenvalue weighted by Gasteiger charge is 2.41. The van der Waals surface area contributed by atoms with Crippen LogP contribution in [0, 0.1) is 28.5 Å². The fraction of sp³-hybridized carbons (Fsp3) is 0.100. The lowest BCUT2D eigenvalue weighted by Crippen LogP contribution is -2.31. The summed E-state index contributed by atoms with van der Waals surface area (Å²) in [4.78, 5) is 26.1. The minimum atomic E-state index is -0.805. The largest absolute Gasteiger partial charge is 0.349 e. The number of benzene rings is 2. The Morgan fingerprint density at radius 3 is 2.32 bits per heavy atom. The van der Waals surface area contributed by atoms with Gasteiger partial charge in [-0.3, -0.25) is 9.59 Å². The van der Waals surface area contributed by atoms with E-state index >= 15 is 0 Å². The average molecular weight is 392 g/mol. The zero-order valence-electron chi connectivity index (χ0n) is 14.4. The summed E-state index contributed by atoms with van der Waals surface area (Å²) in [5.41, 5.74) is 0.733. The summed E-state index contributed by atoms with van der Waals surface area (Å²) >= 11 is 0.955. The predicted molar refractivity (Wildman–Crippen MR) is 103 cm³/mol. The number of hydrogen-bond acceptors (Lipinski definition) is 6. The molecule has 0 aromatic heterocycles. The number of carbonyl (C=O) groups is 2. The van der Waals surface area contributed by atoms with Crippen molar-refractivity contribution in [3.8, 4) is 12.1 Å². The first-order valence-electron chi connectivity index (χ1n) is 8.19. The van der Waals surface area contributed by atoms with Crippen molar-refractivity contribution in [2.45, 2.75) is 11.7 Å². The lowest BCUT2D eigenvalue weighted by molar-refractivity contribution is -0.121. The molecule has 0 aliphatic carbocycles. The summed E-state index contributed by atoms with van der Waals surface area (Å²) in [6, 6.07) is 17.5. The lowest BCUT2D eigenvalue weighted by Gasteiger charge is -2.16. The van der Waals surface area contributed by atoms with Crippen LogP contribution in [0.5, 0.6) is 0 Å². The standard InChI is InChI=1S/C20H13FN4O2S/c21-14-6-8-16(9-7-14)25-18(26)10-17(20(25)27)28-19(13(11-22)12-23)24-15-4-2-1-3-5-15/h1-9,17,24H,10H2. The molecule has 2 amide bonds. The number of carbonyl (C=O) groups excluding carboxylic acids is 2. The fourth-order valence-electron chi connectivity index (χ4n) is 2.63. The predicted octanol–water partition coefficient (Wildman–Crippen LogP) is 3.56. The molecule has 3 rings (SSSR count). The van der Waals surface area contributed by atoms with Crippen molar-refractivity contribution in [3.63, 3.8) is 0 Å². The number of nitrogens with one attached hydrogen (secondary N) is 1. The molecule has 0 saturated carbocycles. The van der Waals surface area contributed by atoms with Crippen LogP contribution < -0.4 is 10.2 Å². The average Bonchev–Trinajstić information content (AvgIpc) is 2.97. The molecule has 28 heavy (non-hydrogen) atoms. The van der Waals surface area contributed by atoms with Gasteiger partial charge in [-0.1, -0.05) is 30.0 Å². The van der Waals surface area contributed by atoms with Gasteiger partial charge >= 0.3 is 0 Å². The first kappa shape index (κ1) is 19.2. The van der Waals surface area contributed by atoms with Gasteiger partial charge in [0.2, 0.25) is 11.8 Å². The van der Waals surface area contributed by atoms with Gasteiger partial charge in [0.1, 0.15) is 23.0 Å². The second kappa shape index (κ2) is 8.38. The Morgan fingerprint density at radius 2 is 1.71 bits per heavy atom. The zero-order valence-corrected chi connectivity index (χ0v) is 15.2. The van der Waals surface area contributed by atoms with Crippen molar-refractivity contribution >= 4 is 35.0 Å². The molecule has 1 aliphatic heterocycles. The molecule has 2 aromatic rings. The number of anilines is 2. The van der Waals surface area contributed by atoms with Crippen LogP contribution in [0.3, 0.4) is 0 Å². The van der Waals surface area contributed by atoms with E-state index in [1.54, 1.807) is 36.4 Å². The third-order valence-electron chi connectivity index (χ3n) is 3.93. The molecule has 8 heteroatoms. The van der Waals surface area contributed by atoms with Gasteiger partial charge in [0.25, 0.3) is 0 Å². The number of nitrogens with zero attached hydrogens (tertiary/aromatic N) is 3. The highest BCUT2D eigenvalue weighted by Crippen LogP contribution is 2.35. The van der Waals surface area contributed by atoms with Crippen LogP contribution in [0.1, 0.15) is 6.42 Å². The lowest BCUT2D eigenvalue weighted by atomic mass is 10.3. The molecule has 0 bridgehead atoms. The van der Waals surface area contributed by atoms with Gasteiger partial charge in [0.15, 0.2) is 5.57 Å². The van der Waals surface area contributed by atoms with E-state index in [4.69, 9.17) is 0 Å². The Labute approximate surface area is 164 Å². The highest BCUT2D eigenvalue weighted by molar-refractivity contribution is 8.04. The van der Waals surface area contributed by atoms with E-state index in [0.717, 1.165) is 16.7 Å². The van der Waals surface area contributed by atoms with Gasteiger partial charge < -0.3 is 5.32 Å². The summed E-state index contributed by atoms with van der Waals surface area (Å²) in [5, 5.41) is 20.8. The molecule has 0 spiro atoms. The van der Waals surface area contributed by atoms with Gasteiger partial charge in [-0.05, 0) is 36.4 Å². The number of halogens is 1. The van der Waals surface area contributed by atoms with Crippen LogP contribution >= 0.6 is 11.8 Å². The molecule has 1 atom stereocenters. The topological polar surface area (TPSA) is 97.0 Å². The number of para-hydroxylation sites is 1. The van der Waals surface area contributed by atoms with Crippen LogP contribution in [0.15, 0.2) is 65.2 Å². The smallest absolute Gasteiger partial charge is 0.247 e. The summed E-state index contributed by atoms with van der Waals surface area (Å²) in [7, 11) is 0. The third-order valence-corrected chi connectivity index (χ3v) is 5.13. The van der Waals surface area contributed by atoms with E-state index in [-0.39, 0.29) is 22.7 Å². The van der Waals surface area contributed by atoms with E-state index in [9.17, 15) is 24.5 Å². The SMILES string of the molecule is N#CC(C#N)=C(Nc1ccccc1)SC1CC(=O)N(c2ccc(F)cc2)C1=O. The number of imide groups is 1. The van der Waals surface area contributed by atoms with E-state index in [2.05, 4.69) is 5.32 Å². The van der Waals surface area contributed by atoms with Gasteiger partial charge in [-0.15, -0.1) is 0 Å². The van der Waals surface area contributed by atoms with Crippen LogP contribution in [0.4, 0.5) is 15.8 Å². The second-order valence-electron chi connectivity index (χ2n) is 5.77. The first-order valence-corrected chi connectivity index (χ1v) is 9.07. The quantitative estimate of drug-likeness (QED) is 0.617. The van der Waals surface area contributed by atoms with Crippen molar-refractivity contribution < 1.29 is 14.0 Å². The van der Waals surface area contributed by atoms with Gasteiger partial charge in [0.05, 0.1) is 10.9 Å². The van der Waals surface area contributed by atoms with E-state index < -0.39 is 22.9 Å². The Kier molecular flexibility index (Phi) is 5.73. The molecule has 138 valence electrons. The zero-order chi connectivity index (χ0) is 20.1. The summed E-state index contributed by atoms with van der Waals surface area (Å²) in [6.45, 7) is 0.